The molecule has 4 heteroatoms. The van der Waals surface area contributed by atoms with Gasteiger partial charge in [0.1, 0.15) is 11.3 Å². The maximum Gasteiger partial charge on any atom is 0.171 e. The summed E-state index contributed by atoms with van der Waals surface area (Å²) in [5.41, 5.74) is 6.45. The molecule has 0 spiro atoms. The van der Waals surface area contributed by atoms with E-state index >= 15 is 0 Å². The molecule has 7 aromatic carbocycles. The SMILES string of the molecule is O=P(c1ccccc1)(c1ccccc1)c1ccc(-c2cccc(-c3nc4ccc5ccccc5c4c4c3oc3ccccc34)c2)cc1. The quantitative estimate of drug-likeness (QED) is 0.142. The molecule has 0 atom stereocenters. The Morgan fingerprint density at radius 3 is 1.83 bits per heavy atom. The zero-order valence-electron chi connectivity index (χ0n) is 25.4. The maximum atomic E-state index is 14.9. The van der Waals surface area contributed by atoms with Crippen molar-refractivity contribution in [2.75, 3.05) is 0 Å². The summed E-state index contributed by atoms with van der Waals surface area (Å²) in [4.78, 5) is 5.24. The number of benzene rings is 7. The molecule has 0 saturated heterocycles. The normalized spacial score (nSPS) is 11.9. The summed E-state index contributed by atoms with van der Waals surface area (Å²) in [6, 6.07) is 57.1. The number of para-hydroxylation sites is 1. The molecule has 9 aromatic rings. The molecule has 2 aromatic heterocycles. The van der Waals surface area contributed by atoms with Gasteiger partial charge in [-0.3, -0.25) is 0 Å². The van der Waals surface area contributed by atoms with Crippen molar-refractivity contribution in [2.24, 2.45) is 0 Å². The zero-order chi connectivity index (χ0) is 31.4. The lowest BCUT2D eigenvalue weighted by Crippen LogP contribution is -2.24. The minimum Gasteiger partial charge on any atom is -0.454 e. The average molecular weight is 622 g/mol. The van der Waals surface area contributed by atoms with Crippen LogP contribution >= 0.6 is 7.14 Å². The van der Waals surface area contributed by atoms with Gasteiger partial charge in [-0.25, -0.2) is 4.98 Å². The Morgan fingerprint density at radius 1 is 0.468 bits per heavy atom. The van der Waals surface area contributed by atoms with Gasteiger partial charge < -0.3 is 8.98 Å². The fourth-order valence-corrected chi connectivity index (χ4v) is 9.52. The lowest BCUT2D eigenvalue weighted by atomic mass is 9.97. The van der Waals surface area contributed by atoms with E-state index in [0.29, 0.717) is 0 Å². The molecule has 0 aliphatic carbocycles. The van der Waals surface area contributed by atoms with Gasteiger partial charge in [-0.05, 0) is 40.1 Å². The summed E-state index contributed by atoms with van der Waals surface area (Å²) in [5.74, 6) is 0. The van der Waals surface area contributed by atoms with E-state index in [1.165, 1.54) is 5.39 Å². The molecule has 0 fully saturated rings. The first kappa shape index (κ1) is 27.5. The van der Waals surface area contributed by atoms with Crippen molar-refractivity contribution >= 4 is 66.7 Å². The van der Waals surface area contributed by atoms with Crippen LogP contribution in [0.25, 0.3) is 66.0 Å². The van der Waals surface area contributed by atoms with E-state index < -0.39 is 7.14 Å². The Labute approximate surface area is 272 Å². The van der Waals surface area contributed by atoms with Gasteiger partial charge in [0.2, 0.25) is 0 Å². The van der Waals surface area contributed by atoms with Crippen LogP contribution in [0.15, 0.2) is 174 Å². The summed E-state index contributed by atoms with van der Waals surface area (Å²) in [7, 11) is -3.05. The van der Waals surface area contributed by atoms with Gasteiger partial charge in [-0.2, -0.15) is 0 Å². The predicted molar refractivity (Wildman–Crippen MR) is 197 cm³/mol. The number of furan rings is 1. The molecule has 3 nitrogen and oxygen atoms in total. The molecule has 2 heterocycles. The van der Waals surface area contributed by atoms with Crippen LogP contribution in [0.2, 0.25) is 0 Å². The molecule has 222 valence electrons. The molecule has 0 amide bonds. The number of fused-ring (bicyclic) bond motifs is 7. The first-order valence-corrected chi connectivity index (χ1v) is 17.4. The number of hydrogen-bond acceptors (Lipinski definition) is 3. The van der Waals surface area contributed by atoms with Gasteiger partial charge in [-0.1, -0.05) is 152 Å². The Balaban J connectivity index is 1.19. The minimum absolute atomic E-state index is 0.786. The van der Waals surface area contributed by atoms with Crippen LogP contribution in [-0.4, -0.2) is 4.98 Å². The van der Waals surface area contributed by atoms with Crippen LogP contribution in [0, 0.1) is 0 Å². The van der Waals surface area contributed by atoms with Gasteiger partial charge in [-0.15, -0.1) is 0 Å². The molecule has 0 bridgehead atoms. The third-order valence-corrected chi connectivity index (χ3v) is 12.2. The van der Waals surface area contributed by atoms with Gasteiger partial charge in [0.05, 0.1) is 5.52 Å². The monoisotopic (exact) mass is 621 g/mol. The van der Waals surface area contributed by atoms with Gasteiger partial charge >= 0.3 is 0 Å². The molecule has 0 aliphatic heterocycles. The molecular formula is C43H28NO2P. The fraction of sp³-hybridized carbons (Fsp3) is 0. The Bertz CT molecular complexity index is 2600. The number of pyridine rings is 1. The largest absolute Gasteiger partial charge is 0.454 e. The second kappa shape index (κ2) is 10.9. The predicted octanol–water partition coefficient (Wildman–Crippen LogP) is 10.3. The molecular weight excluding hydrogens is 593 g/mol. The van der Waals surface area contributed by atoms with Crippen molar-refractivity contribution in [3.05, 3.63) is 170 Å². The standard InChI is InChI=1S/C43H28NO2P/c45-47(33-15-3-1-4-16-33,34-17-5-2-6-18-34)35-25-22-29(23-26-35)31-13-11-14-32(28-31)42-43-41(37-20-9-10-21-39(37)46-43)40-36-19-8-7-12-30(36)24-27-38(40)44-42/h1-28H. The second-order valence-corrected chi connectivity index (χ2v) is 14.6. The van der Waals surface area contributed by atoms with Gasteiger partial charge in [0, 0.05) is 37.6 Å². The second-order valence-electron chi connectivity index (χ2n) is 11.9. The van der Waals surface area contributed by atoms with Crippen LogP contribution in [0.3, 0.4) is 0 Å². The maximum absolute atomic E-state index is 14.9. The smallest absolute Gasteiger partial charge is 0.171 e. The van der Waals surface area contributed by atoms with Crippen molar-refractivity contribution in [1.29, 1.82) is 0 Å². The van der Waals surface area contributed by atoms with E-state index in [1.807, 2.05) is 84.9 Å². The van der Waals surface area contributed by atoms with E-state index in [2.05, 4.69) is 84.9 Å². The van der Waals surface area contributed by atoms with Crippen LogP contribution in [0.4, 0.5) is 0 Å². The fourth-order valence-electron chi connectivity index (χ4n) is 6.88. The van der Waals surface area contributed by atoms with Crippen molar-refractivity contribution in [3.8, 4) is 22.4 Å². The lowest BCUT2D eigenvalue weighted by Gasteiger charge is -2.20. The third kappa shape index (κ3) is 4.43. The van der Waals surface area contributed by atoms with Crippen LogP contribution in [0.1, 0.15) is 0 Å². The molecule has 47 heavy (non-hydrogen) atoms. The van der Waals surface area contributed by atoms with Crippen molar-refractivity contribution in [3.63, 3.8) is 0 Å². The van der Waals surface area contributed by atoms with Crippen LogP contribution < -0.4 is 15.9 Å². The van der Waals surface area contributed by atoms with E-state index in [9.17, 15) is 4.57 Å². The van der Waals surface area contributed by atoms with Crippen molar-refractivity contribution in [1.82, 2.24) is 4.98 Å². The zero-order valence-corrected chi connectivity index (χ0v) is 26.3. The summed E-state index contributed by atoms with van der Waals surface area (Å²) >= 11 is 0. The van der Waals surface area contributed by atoms with E-state index in [1.54, 1.807) is 0 Å². The Kier molecular flexibility index (Phi) is 6.41. The van der Waals surface area contributed by atoms with Crippen LogP contribution in [0.5, 0.6) is 0 Å². The highest BCUT2D eigenvalue weighted by atomic mass is 31.2. The lowest BCUT2D eigenvalue weighted by molar-refractivity contribution is 0.592. The third-order valence-electron chi connectivity index (χ3n) is 9.14. The van der Waals surface area contributed by atoms with Gasteiger partial charge in [0.15, 0.2) is 12.7 Å². The topological polar surface area (TPSA) is 43.1 Å². The minimum atomic E-state index is -3.05. The van der Waals surface area contributed by atoms with Crippen molar-refractivity contribution in [2.45, 2.75) is 0 Å². The summed E-state index contributed by atoms with van der Waals surface area (Å²) in [5, 5.41) is 8.08. The van der Waals surface area contributed by atoms with Gasteiger partial charge in [0.25, 0.3) is 0 Å². The first-order valence-electron chi connectivity index (χ1n) is 15.7. The highest BCUT2D eigenvalue weighted by Crippen LogP contribution is 2.44. The average Bonchev–Trinajstić information content (AvgIpc) is 3.54. The Hall–Kier alpha value is -5.76. The van der Waals surface area contributed by atoms with E-state index in [4.69, 9.17) is 9.40 Å². The number of rotatable bonds is 5. The number of hydrogen-bond donors (Lipinski definition) is 0. The highest BCUT2D eigenvalue weighted by Gasteiger charge is 2.29. The van der Waals surface area contributed by atoms with E-state index in [0.717, 1.165) is 76.5 Å². The molecule has 0 unspecified atom stereocenters. The number of nitrogens with zero attached hydrogens (tertiary/aromatic N) is 1. The van der Waals surface area contributed by atoms with Crippen LogP contribution in [-0.2, 0) is 4.57 Å². The molecule has 0 radical (unpaired) electrons. The molecule has 0 aliphatic rings. The molecule has 0 N–H and O–H groups in total. The van der Waals surface area contributed by atoms with Crippen molar-refractivity contribution < 1.29 is 8.98 Å². The number of aromatic nitrogens is 1. The molecule has 0 saturated carbocycles. The highest BCUT2D eigenvalue weighted by molar-refractivity contribution is 7.85. The Morgan fingerprint density at radius 2 is 1.09 bits per heavy atom. The summed E-state index contributed by atoms with van der Waals surface area (Å²) < 4.78 is 21.5. The van der Waals surface area contributed by atoms with E-state index in [-0.39, 0.29) is 0 Å². The summed E-state index contributed by atoms with van der Waals surface area (Å²) in [6.45, 7) is 0. The first-order chi connectivity index (χ1) is 23.2. The molecule has 9 rings (SSSR count). The summed E-state index contributed by atoms with van der Waals surface area (Å²) in [6.07, 6.45) is 0.